The largest absolute Gasteiger partial charge is 0.493 e. The van der Waals surface area contributed by atoms with Crippen molar-refractivity contribution in [2.45, 2.75) is 39.3 Å². The van der Waals surface area contributed by atoms with Crippen molar-refractivity contribution >= 4 is 0 Å². The van der Waals surface area contributed by atoms with Crippen LogP contribution in [0.3, 0.4) is 0 Å². The summed E-state index contributed by atoms with van der Waals surface area (Å²) in [6, 6.07) is 6.80. The molecule has 2 rings (SSSR count). The maximum absolute atomic E-state index is 6.04. The summed E-state index contributed by atoms with van der Waals surface area (Å²) in [7, 11) is 1.70. The zero-order valence-corrected chi connectivity index (χ0v) is 13.5. The van der Waals surface area contributed by atoms with Crippen molar-refractivity contribution in [2.24, 2.45) is 0 Å². The average Bonchev–Trinajstić information content (AvgIpc) is 3.34. The van der Waals surface area contributed by atoms with Crippen LogP contribution in [-0.2, 0) is 6.54 Å². The number of hydrogen-bond acceptors (Lipinski definition) is 4. The summed E-state index contributed by atoms with van der Waals surface area (Å²) in [6.07, 6.45) is 2.59. The highest BCUT2D eigenvalue weighted by Crippen LogP contribution is 2.31. The van der Waals surface area contributed by atoms with Crippen LogP contribution in [0.4, 0.5) is 0 Å². The number of rotatable bonds is 10. The monoisotopic (exact) mass is 292 g/mol. The highest BCUT2D eigenvalue weighted by molar-refractivity contribution is 5.46. The van der Waals surface area contributed by atoms with E-state index in [1.807, 2.05) is 12.1 Å². The topological polar surface area (TPSA) is 33.7 Å². The van der Waals surface area contributed by atoms with Gasteiger partial charge in [0.1, 0.15) is 6.61 Å². The van der Waals surface area contributed by atoms with Gasteiger partial charge in [0.2, 0.25) is 0 Å². The Bertz CT molecular complexity index is 429. The van der Waals surface area contributed by atoms with E-state index in [-0.39, 0.29) is 0 Å². The summed E-state index contributed by atoms with van der Waals surface area (Å²) >= 11 is 0. The zero-order valence-electron chi connectivity index (χ0n) is 13.5. The van der Waals surface area contributed by atoms with E-state index < -0.39 is 0 Å². The number of para-hydroxylation sites is 1. The molecule has 0 bridgehead atoms. The molecule has 1 aromatic carbocycles. The van der Waals surface area contributed by atoms with Crippen LogP contribution in [0.25, 0.3) is 0 Å². The van der Waals surface area contributed by atoms with Crippen LogP contribution < -0.4 is 14.8 Å². The van der Waals surface area contributed by atoms with E-state index in [1.165, 1.54) is 18.4 Å². The lowest BCUT2D eigenvalue weighted by Gasteiger charge is -2.20. The van der Waals surface area contributed by atoms with Gasteiger partial charge >= 0.3 is 0 Å². The summed E-state index contributed by atoms with van der Waals surface area (Å²) in [6.45, 7) is 8.96. The second kappa shape index (κ2) is 8.25. The predicted octanol–water partition coefficient (Wildman–Crippen LogP) is 2.67. The predicted molar refractivity (Wildman–Crippen MR) is 86.1 cm³/mol. The number of ether oxygens (including phenoxy) is 2. The molecule has 0 unspecified atom stereocenters. The molecule has 0 aromatic heterocycles. The summed E-state index contributed by atoms with van der Waals surface area (Å²) in [5, 5.41) is 3.54. The fourth-order valence-electron chi connectivity index (χ4n) is 2.38. The van der Waals surface area contributed by atoms with Gasteiger partial charge in [0.15, 0.2) is 11.5 Å². The van der Waals surface area contributed by atoms with Gasteiger partial charge in [0, 0.05) is 24.7 Å². The first-order chi connectivity index (χ1) is 10.3. The molecule has 1 aromatic rings. The summed E-state index contributed by atoms with van der Waals surface area (Å²) in [4.78, 5) is 2.36. The van der Waals surface area contributed by atoms with Crippen molar-refractivity contribution in [3.8, 4) is 11.5 Å². The third kappa shape index (κ3) is 4.90. The Morgan fingerprint density at radius 3 is 2.62 bits per heavy atom. The summed E-state index contributed by atoms with van der Waals surface area (Å²) in [5.74, 6) is 1.71. The van der Waals surface area contributed by atoms with E-state index in [1.54, 1.807) is 7.11 Å². The van der Waals surface area contributed by atoms with E-state index >= 15 is 0 Å². The van der Waals surface area contributed by atoms with Gasteiger partial charge in [-0.15, -0.1) is 0 Å². The number of hydrogen-bond donors (Lipinski definition) is 1. The van der Waals surface area contributed by atoms with E-state index in [0.29, 0.717) is 12.6 Å². The molecular formula is C17H28N2O2. The van der Waals surface area contributed by atoms with Gasteiger partial charge in [-0.25, -0.2) is 0 Å². The van der Waals surface area contributed by atoms with Gasteiger partial charge in [-0.2, -0.15) is 0 Å². The van der Waals surface area contributed by atoms with Crippen LogP contribution in [0.1, 0.15) is 32.3 Å². The molecule has 1 aliphatic rings. The number of nitrogens with zero attached hydrogens (tertiary/aromatic N) is 1. The molecule has 1 saturated carbocycles. The molecule has 21 heavy (non-hydrogen) atoms. The molecule has 4 nitrogen and oxygen atoms in total. The van der Waals surface area contributed by atoms with E-state index in [2.05, 4.69) is 30.1 Å². The molecule has 0 spiro atoms. The van der Waals surface area contributed by atoms with E-state index in [4.69, 9.17) is 9.47 Å². The normalized spacial score (nSPS) is 14.5. The van der Waals surface area contributed by atoms with Crippen molar-refractivity contribution in [3.05, 3.63) is 23.8 Å². The van der Waals surface area contributed by atoms with Crippen molar-refractivity contribution < 1.29 is 9.47 Å². The lowest BCUT2D eigenvalue weighted by Crippen LogP contribution is -2.28. The summed E-state index contributed by atoms with van der Waals surface area (Å²) in [5.41, 5.74) is 1.18. The van der Waals surface area contributed by atoms with Gasteiger partial charge in [-0.05, 0) is 32.0 Å². The van der Waals surface area contributed by atoms with Gasteiger partial charge in [0.25, 0.3) is 0 Å². The van der Waals surface area contributed by atoms with Gasteiger partial charge in [0.05, 0.1) is 7.11 Å². The SMILES string of the molecule is CCN(CC)CCOc1c(CNC2CC2)cccc1OC. The molecule has 1 fully saturated rings. The highest BCUT2D eigenvalue weighted by atomic mass is 16.5. The third-order valence-electron chi connectivity index (χ3n) is 3.99. The molecule has 0 radical (unpaired) electrons. The molecule has 0 amide bonds. The molecule has 4 heteroatoms. The highest BCUT2D eigenvalue weighted by Gasteiger charge is 2.21. The Labute approximate surface area is 128 Å². The van der Waals surface area contributed by atoms with Crippen molar-refractivity contribution in [2.75, 3.05) is 33.4 Å². The molecule has 1 N–H and O–H groups in total. The smallest absolute Gasteiger partial charge is 0.165 e. The number of likely N-dealkylation sites (N-methyl/N-ethyl adjacent to an activating group) is 1. The summed E-state index contributed by atoms with van der Waals surface area (Å²) < 4.78 is 11.5. The Morgan fingerprint density at radius 2 is 2.00 bits per heavy atom. The van der Waals surface area contributed by atoms with Crippen LogP contribution in [0.2, 0.25) is 0 Å². The Kier molecular flexibility index (Phi) is 6.33. The average molecular weight is 292 g/mol. The fourth-order valence-corrected chi connectivity index (χ4v) is 2.38. The second-order valence-corrected chi connectivity index (χ2v) is 5.48. The van der Waals surface area contributed by atoms with Crippen LogP contribution in [0, 0.1) is 0 Å². The molecule has 0 atom stereocenters. The maximum atomic E-state index is 6.04. The van der Waals surface area contributed by atoms with Crippen LogP contribution in [0.15, 0.2) is 18.2 Å². The Balaban J connectivity index is 1.96. The Morgan fingerprint density at radius 1 is 1.24 bits per heavy atom. The van der Waals surface area contributed by atoms with Crippen LogP contribution in [0.5, 0.6) is 11.5 Å². The second-order valence-electron chi connectivity index (χ2n) is 5.48. The van der Waals surface area contributed by atoms with Gasteiger partial charge < -0.3 is 19.7 Å². The van der Waals surface area contributed by atoms with Crippen molar-refractivity contribution in [3.63, 3.8) is 0 Å². The molecule has 118 valence electrons. The molecular weight excluding hydrogens is 264 g/mol. The minimum atomic E-state index is 0.693. The van der Waals surface area contributed by atoms with E-state index in [0.717, 1.165) is 37.7 Å². The minimum Gasteiger partial charge on any atom is -0.493 e. The zero-order chi connectivity index (χ0) is 15.1. The van der Waals surface area contributed by atoms with E-state index in [9.17, 15) is 0 Å². The molecule has 0 saturated heterocycles. The first-order valence-corrected chi connectivity index (χ1v) is 8.02. The fraction of sp³-hybridized carbons (Fsp3) is 0.647. The molecule has 0 aliphatic heterocycles. The van der Waals surface area contributed by atoms with Crippen molar-refractivity contribution in [1.82, 2.24) is 10.2 Å². The molecule has 1 aliphatic carbocycles. The first-order valence-electron chi connectivity index (χ1n) is 8.02. The standard InChI is InChI=1S/C17H28N2O2/c1-4-19(5-2)11-12-21-17-14(13-18-15-9-10-15)7-6-8-16(17)20-3/h6-8,15,18H,4-5,9-13H2,1-3H3. The number of methoxy groups -OCH3 is 1. The molecule has 0 heterocycles. The number of nitrogens with one attached hydrogen (secondary N) is 1. The van der Waals surface area contributed by atoms with Gasteiger partial charge in [-0.1, -0.05) is 26.0 Å². The Hall–Kier alpha value is -1.26. The quantitative estimate of drug-likeness (QED) is 0.719. The van der Waals surface area contributed by atoms with Crippen LogP contribution >= 0.6 is 0 Å². The first kappa shape index (κ1) is 16.1. The minimum absolute atomic E-state index is 0.693. The van der Waals surface area contributed by atoms with Crippen LogP contribution in [-0.4, -0.2) is 44.3 Å². The maximum Gasteiger partial charge on any atom is 0.165 e. The third-order valence-corrected chi connectivity index (χ3v) is 3.99. The number of benzene rings is 1. The lowest BCUT2D eigenvalue weighted by atomic mass is 10.2. The lowest BCUT2D eigenvalue weighted by molar-refractivity contribution is 0.215. The van der Waals surface area contributed by atoms with Gasteiger partial charge in [-0.3, -0.25) is 0 Å². The van der Waals surface area contributed by atoms with Crippen molar-refractivity contribution in [1.29, 1.82) is 0 Å².